The van der Waals surface area contributed by atoms with Crippen LogP contribution in [0.25, 0.3) is 10.9 Å². The van der Waals surface area contributed by atoms with Gasteiger partial charge in [0.1, 0.15) is 5.78 Å². The molecule has 0 bridgehead atoms. The van der Waals surface area contributed by atoms with Crippen LogP contribution in [0, 0.1) is 13.0 Å². The molecule has 2 aromatic carbocycles. The molecule has 1 amide bonds. The molecule has 0 aliphatic heterocycles. The summed E-state index contributed by atoms with van der Waals surface area (Å²) in [6, 6.07) is 14.5. The third kappa shape index (κ3) is 4.25. The molecule has 0 aliphatic rings. The summed E-state index contributed by atoms with van der Waals surface area (Å²) in [6.07, 6.45) is 2.22. The van der Waals surface area contributed by atoms with Crippen LogP contribution in [0.5, 0.6) is 0 Å². The van der Waals surface area contributed by atoms with E-state index in [9.17, 15) is 9.59 Å². The number of aromatic nitrogens is 1. The summed E-state index contributed by atoms with van der Waals surface area (Å²) in [5.41, 5.74) is 4.16. The maximum atomic E-state index is 12.6. The second kappa shape index (κ2) is 8.07. The molecule has 3 aromatic rings. The van der Waals surface area contributed by atoms with E-state index in [1.807, 2.05) is 55.1 Å². The largest absolute Gasteiger partial charge is 0.350 e. The second-order valence-electron chi connectivity index (χ2n) is 6.06. The van der Waals surface area contributed by atoms with Crippen LogP contribution >= 0.6 is 0 Å². The Labute approximate surface area is 172 Å². The van der Waals surface area contributed by atoms with Crippen LogP contribution in [0.4, 0.5) is 5.69 Å². The normalized spacial score (nSPS) is 10.4. The van der Waals surface area contributed by atoms with Crippen LogP contribution in [0.15, 0.2) is 42.6 Å². The van der Waals surface area contributed by atoms with Crippen molar-refractivity contribution in [1.82, 2.24) is 4.57 Å². The molecule has 0 atom stereocenters. The first-order valence-corrected chi connectivity index (χ1v) is 7.82. The van der Waals surface area contributed by atoms with Crippen LogP contribution in [-0.2, 0) is 51.0 Å². The van der Waals surface area contributed by atoms with Gasteiger partial charge in [-0.15, -0.1) is 11.6 Å². The predicted octanol–water partition coefficient (Wildman–Crippen LogP) is 3.67. The molecular formula is C20H19N2O2Y-. The van der Waals surface area contributed by atoms with Crippen molar-refractivity contribution < 1.29 is 42.3 Å². The first kappa shape index (κ1) is 19.5. The molecule has 0 unspecified atom stereocenters. The fourth-order valence-corrected chi connectivity index (χ4v) is 2.87. The minimum atomic E-state index is -0.165. The molecular weight excluding hydrogens is 389 g/mol. The van der Waals surface area contributed by atoms with Gasteiger partial charge >= 0.3 is 0 Å². The van der Waals surface area contributed by atoms with E-state index >= 15 is 0 Å². The number of nitrogens with one attached hydrogen (secondary N) is 1. The van der Waals surface area contributed by atoms with E-state index in [4.69, 9.17) is 0 Å². The Morgan fingerprint density at radius 3 is 2.64 bits per heavy atom. The molecule has 1 N–H and O–H groups in total. The third-order valence-corrected chi connectivity index (χ3v) is 4.10. The van der Waals surface area contributed by atoms with Gasteiger partial charge in [0.2, 0.25) is 0 Å². The zero-order valence-electron chi connectivity index (χ0n) is 14.6. The first-order valence-electron chi connectivity index (χ1n) is 7.82. The Kier molecular flexibility index (Phi) is 6.31. The van der Waals surface area contributed by atoms with Crippen molar-refractivity contribution in [3.8, 4) is 0 Å². The maximum absolute atomic E-state index is 12.6. The standard InChI is InChI=1S/C20H19N2O2.Y/c1-13-10-16(9-8-15(13)11-14(2)23)21-20(24)18-12-22(3)19-7-5-4-6-17(18)19;/h4-8,10,12H,11H2,1-3H3,(H,21,24);/q-1;. The molecule has 4 nitrogen and oxygen atoms in total. The number of hydrogen-bond acceptors (Lipinski definition) is 2. The van der Waals surface area contributed by atoms with Gasteiger partial charge in [-0.3, -0.25) is 4.79 Å². The van der Waals surface area contributed by atoms with E-state index in [0.29, 0.717) is 17.7 Å². The number of amides is 1. The minimum absolute atomic E-state index is 0. The van der Waals surface area contributed by atoms with Crippen LogP contribution < -0.4 is 5.32 Å². The first-order chi connectivity index (χ1) is 11.5. The molecule has 1 aromatic heterocycles. The summed E-state index contributed by atoms with van der Waals surface area (Å²) in [5.74, 6) is -0.0548. The maximum Gasteiger partial charge on any atom is 0.256 e. The van der Waals surface area contributed by atoms with Gasteiger partial charge in [0.25, 0.3) is 5.91 Å². The summed E-state index contributed by atoms with van der Waals surface area (Å²) < 4.78 is 1.94. The number of rotatable bonds is 4. The number of anilines is 1. The molecule has 3 rings (SSSR count). The van der Waals surface area contributed by atoms with Gasteiger partial charge in [0.15, 0.2) is 0 Å². The van der Waals surface area contributed by atoms with E-state index in [2.05, 4.69) is 11.4 Å². The Morgan fingerprint density at radius 1 is 1.24 bits per heavy atom. The number of Topliss-reactive ketones (excluding diaryl/α,β-unsaturated/α-hetero) is 1. The Balaban J connectivity index is 0.00000225. The molecule has 0 saturated heterocycles. The van der Waals surface area contributed by atoms with Crippen LogP contribution in [0.1, 0.15) is 28.4 Å². The van der Waals surface area contributed by atoms with Gasteiger partial charge in [-0.05, 0) is 19.4 Å². The average Bonchev–Trinajstić information content (AvgIpc) is 2.87. The molecule has 5 heteroatoms. The number of carbonyl (C=O) groups excluding carboxylic acids is 2. The van der Waals surface area contributed by atoms with Crippen LogP contribution in [0.3, 0.4) is 0 Å². The monoisotopic (exact) mass is 408 g/mol. The van der Waals surface area contributed by atoms with Crippen molar-refractivity contribution in [1.29, 1.82) is 0 Å². The number of aryl methyl sites for hydroxylation is 2. The zero-order chi connectivity index (χ0) is 17.3. The van der Waals surface area contributed by atoms with Crippen molar-refractivity contribution in [3.63, 3.8) is 0 Å². The fourth-order valence-electron chi connectivity index (χ4n) is 2.87. The van der Waals surface area contributed by atoms with Crippen molar-refractivity contribution in [2.45, 2.75) is 20.3 Å². The molecule has 1 radical (unpaired) electrons. The van der Waals surface area contributed by atoms with E-state index < -0.39 is 0 Å². The van der Waals surface area contributed by atoms with E-state index in [-0.39, 0.29) is 44.4 Å². The number of para-hydroxylation sites is 1. The number of benzene rings is 2. The molecule has 0 saturated carbocycles. The van der Waals surface area contributed by atoms with Crippen molar-refractivity contribution >= 4 is 28.3 Å². The van der Waals surface area contributed by atoms with Gasteiger partial charge in [0, 0.05) is 56.9 Å². The minimum Gasteiger partial charge on any atom is -0.350 e. The van der Waals surface area contributed by atoms with Crippen LogP contribution in [-0.4, -0.2) is 16.3 Å². The number of nitrogens with zero attached hydrogens (tertiary/aromatic N) is 1. The SMILES string of the molecule is CC(=O)Cc1c[c-]c(NC(=O)c2cn(C)c3ccccc23)cc1C.[Y]. The summed E-state index contributed by atoms with van der Waals surface area (Å²) >= 11 is 0. The quantitative estimate of drug-likeness (QED) is 0.670. The number of fused-ring (bicyclic) bond motifs is 1. The van der Waals surface area contributed by atoms with Gasteiger partial charge in [-0.2, -0.15) is 17.7 Å². The topological polar surface area (TPSA) is 51.1 Å². The number of hydrogen-bond donors (Lipinski definition) is 1. The molecule has 25 heavy (non-hydrogen) atoms. The Hall–Kier alpha value is -1.78. The predicted molar refractivity (Wildman–Crippen MR) is 95.3 cm³/mol. The summed E-state index contributed by atoms with van der Waals surface area (Å²) in [7, 11) is 1.92. The summed E-state index contributed by atoms with van der Waals surface area (Å²) in [5, 5.41) is 3.81. The molecule has 0 spiro atoms. The number of ketones is 1. The molecule has 0 aliphatic carbocycles. The van der Waals surface area contributed by atoms with Gasteiger partial charge < -0.3 is 14.7 Å². The van der Waals surface area contributed by atoms with Crippen molar-refractivity contribution in [2.24, 2.45) is 7.05 Å². The summed E-state index contributed by atoms with van der Waals surface area (Å²) in [4.78, 5) is 23.9. The van der Waals surface area contributed by atoms with Crippen LogP contribution in [0.2, 0.25) is 0 Å². The Bertz CT molecular complexity index is 944. The second-order valence-corrected chi connectivity index (χ2v) is 6.06. The third-order valence-electron chi connectivity index (χ3n) is 4.10. The van der Waals surface area contributed by atoms with Gasteiger partial charge in [-0.1, -0.05) is 30.8 Å². The summed E-state index contributed by atoms with van der Waals surface area (Å²) in [6.45, 7) is 3.50. The van der Waals surface area contributed by atoms with E-state index in [0.717, 1.165) is 22.0 Å². The van der Waals surface area contributed by atoms with E-state index in [1.165, 1.54) is 0 Å². The average molecular weight is 408 g/mol. The zero-order valence-corrected chi connectivity index (χ0v) is 17.4. The van der Waals surface area contributed by atoms with Gasteiger partial charge in [-0.25, -0.2) is 0 Å². The fraction of sp³-hybridized carbons (Fsp3) is 0.200. The number of carbonyl (C=O) groups is 2. The molecule has 125 valence electrons. The van der Waals surface area contributed by atoms with Crippen molar-refractivity contribution in [3.05, 3.63) is 65.4 Å². The Morgan fingerprint density at radius 2 is 1.96 bits per heavy atom. The smallest absolute Gasteiger partial charge is 0.256 e. The van der Waals surface area contributed by atoms with Crippen molar-refractivity contribution in [2.75, 3.05) is 5.32 Å². The van der Waals surface area contributed by atoms with Gasteiger partial charge in [0.05, 0.1) is 5.56 Å². The van der Waals surface area contributed by atoms with E-state index in [1.54, 1.807) is 13.0 Å². The molecule has 1 heterocycles. The molecule has 0 fully saturated rings.